The first-order chi connectivity index (χ1) is 9.51. The highest BCUT2D eigenvalue weighted by Crippen LogP contribution is 2.25. The highest BCUT2D eigenvalue weighted by Gasteiger charge is 2.13. The maximum Gasteiger partial charge on any atom is 0.269 e. The van der Waals surface area contributed by atoms with Gasteiger partial charge in [-0.1, -0.05) is 0 Å². The van der Waals surface area contributed by atoms with Crippen LogP contribution < -0.4 is 4.90 Å². The summed E-state index contributed by atoms with van der Waals surface area (Å²) in [4.78, 5) is 12.2. The van der Waals surface area contributed by atoms with E-state index in [1.54, 1.807) is 16.9 Å². The fraction of sp³-hybridized carbons (Fsp3) is 0.308. The molecule has 7 nitrogen and oxygen atoms in total. The number of aryl methyl sites for hydroxylation is 1. The van der Waals surface area contributed by atoms with E-state index in [0.717, 1.165) is 11.3 Å². The third kappa shape index (κ3) is 2.94. The van der Waals surface area contributed by atoms with Gasteiger partial charge in [0.05, 0.1) is 17.7 Å². The smallest absolute Gasteiger partial charge is 0.269 e. The predicted octanol–water partition coefficient (Wildman–Crippen LogP) is 1.46. The van der Waals surface area contributed by atoms with E-state index in [-0.39, 0.29) is 12.3 Å². The number of aliphatic hydroxyl groups excluding tert-OH is 1. The fourth-order valence-electron chi connectivity index (χ4n) is 2.10. The van der Waals surface area contributed by atoms with Crippen molar-refractivity contribution in [2.45, 2.75) is 13.2 Å². The Labute approximate surface area is 116 Å². The summed E-state index contributed by atoms with van der Waals surface area (Å²) in [6.45, 7) is 0.368. The zero-order valence-corrected chi connectivity index (χ0v) is 11.4. The molecular formula is C13H16N4O3. The summed E-state index contributed by atoms with van der Waals surface area (Å²) < 4.78 is 1.71. The quantitative estimate of drug-likeness (QED) is 0.660. The maximum absolute atomic E-state index is 10.7. The Morgan fingerprint density at radius 2 is 2.25 bits per heavy atom. The van der Waals surface area contributed by atoms with Gasteiger partial charge in [0.15, 0.2) is 0 Å². The normalized spacial score (nSPS) is 10.6. The van der Waals surface area contributed by atoms with Crippen molar-refractivity contribution in [3.8, 4) is 0 Å². The van der Waals surface area contributed by atoms with E-state index in [1.807, 2.05) is 25.2 Å². The third-order valence-corrected chi connectivity index (χ3v) is 3.03. The van der Waals surface area contributed by atoms with Gasteiger partial charge in [-0.25, -0.2) is 0 Å². The molecule has 0 aliphatic heterocycles. The average Bonchev–Trinajstić information content (AvgIpc) is 2.83. The van der Waals surface area contributed by atoms with Gasteiger partial charge >= 0.3 is 0 Å². The fourth-order valence-corrected chi connectivity index (χ4v) is 2.10. The molecule has 0 saturated heterocycles. The molecule has 0 aliphatic rings. The molecule has 106 valence electrons. The van der Waals surface area contributed by atoms with Gasteiger partial charge in [0.25, 0.3) is 5.69 Å². The molecule has 0 spiro atoms. The van der Waals surface area contributed by atoms with Gasteiger partial charge in [-0.2, -0.15) is 5.10 Å². The van der Waals surface area contributed by atoms with Crippen LogP contribution in [-0.4, -0.2) is 26.9 Å². The van der Waals surface area contributed by atoms with Crippen LogP contribution in [0, 0.1) is 10.1 Å². The number of rotatable bonds is 5. The lowest BCUT2D eigenvalue weighted by Crippen LogP contribution is -2.18. The molecule has 1 N–H and O–H groups in total. The van der Waals surface area contributed by atoms with Gasteiger partial charge in [-0.3, -0.25) is 14.8 Å². The van der Waals surface area contributed by atoms with Crippen molar-refractivity contribution in [1.29, 1.82) is 0 Å². The molecule has 0 atom stereocenters. The number of anilines is 1. The predicted molar refractivity (Wildman–Crippen MR) is 74.3 cm³/mol. The first-order valence-electron chi connectivity index (χ1n) is 6.08. The van der Waals surface area contributed by atoms with Gasteiger partial charge in [-0.05, 0) is 6.07 Å². The van der Waals surface area contributed by atoms with E-state index in [0.29, 0.717) is 12.1 Å². The first kappa shape index (κ1) is 14.0. The zero-order valence-electron chi connectivity index (χ0n) is 11.4. The second-order valence-electron chi connectivity index (χ2n) is 4.61. The zero-order chi connectivity index (χ0) is 14.7. The Morgan fingerprint density at radius 1 is 1.50 bits per heavy atom. The molecule has 1 aromatic carbocycles. The van der Waals surface area contributed by atoms with Crippen LogP contribution in [0.1, 0.15) is 11.1 Å². The topological polar surface area (TPSA) is 84.4 Å². The van der Waals surface area contributed by atoms with Crippen molar-refractivity contribution in [2.75, 3.05) is 11.9 Å². The largest absolute Gasteiger partial charge is 0.392 e. The summed E-state index contributed by atoms with van der Waals surface area (Å²) >= 11 is 0. The molecular weight excluding hydrogens is 260 g/mol. The highest BCUT2D eigenvalue weighted by molar-refractivity contribution is 5.57. The number of nitro benzene ring substituents is 1. The van der Waals surface area contributed by atoms with E-state index in [4.69, 9.17) is 0 Å². The summed E-state index contributed by atoms with van der Waals surface area (Å²) in [5.41, 5.74) is 2.30. The molecule has 7 heteroatoms. The SMILES string of the molecule is CN(Cc1cnn(C)c1)c1ccc([N+](=O)[O-])cc1CO. The van der Waals surface area contributed by atoms with Crippen LogP contribution in [0.3, 0.4) is 0 Å². The molecule has 2 rings (SSSR count). The molecule has 1 heterocycles. The lowest BCUT2D eigenvalue weighted by molar-refractivity contribution is -0.384. The molecule has 0 fully saturated rings. The van der Waals surface area contributed by atoms with Crippen LogP contribution in [0.15, 0.2) is 30.6 Å². The van der Waals surface area contributed by atoms with Gasteiger partial charge in [0.2, 0.25) is 0 Å². The first-order valence-corrected chi connectivity index (χ1v) is 6.08. The molecule has 0 bridgehead atoms. The minimum Gasteiger partial charge on any atom is -0.392 e. The molecule has 20 heavy (non-hydrogen) atoms. The number of hydrogen-bond donors (Lipinski definition) is 1. The van der Waals surface area contributed by atoms with Crippen LogP contribution in [0.5, 0.6) is 0 Å². The Hall–Kier alpha value is -2.41. The van der Waals surface area contributed by atoms with E-state index in [1.165, 1.54) is 12.1 Å². The van der Waals surface area contributed by atoms with Crippen LogP contribution in [0.25, 0.3) is 0 Å². The van der Waals surface area contributed by atoms with Gasteiger partial charge < -0.3 is 10.0 Å². The van der Waals surface area contributed by atoms with Gasteiger partial charge in [0, 0.05) is 55.8 Å². The Bertz CT molecular complexity index is 624. The van der Waals surface area contributed by atoms with Crippen molar-refractivity contribution >= 4 is 11.4 Å². The second-order valence-corrected chi connectivity index (χ2v) is 4.61. The minimum atomic E-state index is -0.468. The summed E-state index contributed by atoms with van der Waals surface area (Å²) in [5, 5.41) is 24.2. The molecule has 0 unspecified atom stereocenters. The molecule has 0 radical (unpaired) electrons. The molecule has 2 aromatic rings. The lowest BCUT2D eigenvalue weighted by Gasteiger charge is -2.21. The summed E-state index contributed by atoms with van der Waals surface area (Å²) in [7, 11) is 3.71. The number of hydrogen-bond acceptors (Lipinski definition) is 5. The van der Waals surface area contributed by atoms with Gasteiger partial charge in [0.1, 0.15) is 0 Å². The van der Waals surface area contributed by atoms with Crippen LogP contribution in [0.2, 0.25) is 0 Å². The van der Waals surface area contributed by atoms with E-state index in [9.17, 15) is 15.2 Å². The van der Waals surface area contributed by atoms with Crippen molar-refractivity contribution in [3.05, 3.63) is 51.8 Å². The van der Waals surface area contributed by atoms with Crippen LogP contribution >= 0.6 is 0 Å². The average molecular weight is 276 g/mol. The van der Waals surface area contributed by atoms with Crippen molar-refractivity contribution in [1.82, 2.24) is 9.78 Å². The lowest BCUT2D eigenvalue weighted by atomic mass is 10.1. The molecule has 0 saturated carbocycles. The number of benzene rings is 1. The standard InChI is InChI=1S/C13H16N4O3/c1-15(7-10-6-14-16(2)8-10)13-4-3-12(17(19)20)5-11(13)9-18/h3-6,8,18H,7,9H2,1-2H3. The van der Waals surface area contributed by atoms with Crippen LogP contribution in [0.4, 0.5) is 11.4 Å². The number of aliphatic hydroxyl groups is 1. The van der Waals surface area contributed by atoms with Crippen molar-refractivity contribution < 1.29 is 10.0 Å². The number of nitro groups is 1. The summed E-state index contributed by atoms with van der Waals surface area (Å²) in [6.07, 6.45) is 3.67. The Balaban J connectivity index is 2.24. The van der Waals surface area contributed by atoms with E-state index in [2.05, 4.69) is 5.10 Å². The number of aromatic nitrogens is 2. The summed E-state index contributed by atoms with van der Waals surface area (Å²) in [6, 6.07) is 4.49. The minimum absolute atomic E-state index is 0.0208. The maximum atomic E-state index is 10.7. The molecule has 1 aromatic heterocycles. The third-order valence-electron chi connectivity index (χ3n) is 3.03. The monoisotopic (exact) mass is 276 g/mol. The molecule has 0 aliphatic carbocycles. The Morgan fingerprint density at radius 3 is 2.80 bits per heavy atom. The van der Waals surface area contributed by atoms with E-state index < -0.39 is 4.92 Å². The van der Waals surface area contributed by atoms with E-state index >= 15 is 0 Å². The van der Waals surface area contributed by atoms with Gasteiger partial charge in [-0.15, -0.1) is 0 Å². The second kappa shape index (κ2) is 5.70. The van der Waals surface area contributed by atoms with Crippen LogP contribution in [-0.2, 0) is 20.2 Å². The summed E-state index contributed by atoms with van der Waals surface area (Å²) in [5.74, 6) is 0. The highest BCUT2D eigenvalue weighted by atomic mass is 16.6. The van der Waals surface area contributed by atoms with Crippen molar-refractivity contribution in [3.63, 3.8) is 0 Å². The number of nitrogens with zero attached hydrogens (tertiary/aromatic N) is 4. The van der Waals surface area contributed by atoms with Crippen molar-refractivity contribution in [2.24, 2.45) is 7.05 Å². The number of non-ortho nitro benzene ring substituents is 1. The Kier molecular flexibility index (Phi) is 3.99. The molecule has 0 amide bonds.